The average Bonchev–Trinajstić information content (AvgIpc) is 3.36. The van der Waals surface area contributed by atoms with Crippen LogP contribution in [0.1, 0.15) is 20.3 Å². The largest absolute Gasteiger partial charge is 0.391 e. The zero-order chi connectivity index (χ0) is 23.4. The number of hydrogen-bond acceptors (Lipinski definition) is 6. The van der Waals surface area contributed by atoms with Crippen LogP contribution in [0.4, 0.5) is 11.4 Å². The molecule has 2 aromatic rings. The van der Waals surface area contributed by atoms with E-state index in [0.29, 0.717) is 36.5 Å². The Labute approximate surface area is 187 Å². The molecule has 1 aromatic carbocycles. The molecular formula is C23H29N7O2. The third kappa shape index (κ3) is 4.94. The van der Waals surface area contributed by atoms with Gasteiger partial charge in [-0.2, -0.15) is 5.10 Å². The van der Waals surface area contributed by atoms with Crippen LogP contribution in [0.2, 0.25) is 0 Å². The van der Waals surface area contributed by atoms with Crippen molar-refractivity contribution in [1.29, 1.82) is 0 Å². The van der Waals surface area contributed by atoms with E-state index in [4.69, 9.17) is 5.73 Å². The fourth-order valence-corrected chi connectivity index (χ4v) is 3.44. The number of carbonyl (C=O) groups excluding carboxylic acids is 1. The normalized spacial score (nSPS) is 17.4. The SMILES string of the molecule is C=C(N=C(C)C(=C)C(N)=N/C=C\C)C(=O)Nc1cc2c(cnn2C)cc1N1CC[C@@H](O)C1. The van der Waals surface area contributed by atoms with Crippen molar-refractivity contribution in [2.75, 3.05) is 23.3 Å². The molecule has 1 fully saturated rings. The van der Waals surface area contributed by atoms with Gasteiger partial charge >= 0.3 is 0 Å². The summed E-state index contributed by atoms with van der Waals surface area (Å²) in [5.41, 5.74) is 9.05. The molecular weight excluding hydrogens is 406 g/mol. The van der Waals surface area contributed by atoms with Crippen LogP contribution in [0.5, 0.6) is 0 Å². The standard InChI is InChI=1S/C23H29N7O2/c1-6-8-25-22(24)14(2)15(3)27-16(4)23(32)28-19-11-20-17(12-26-29(20)5)10-21(19)30-9-7-18(31)13-30/h6,8,10-12,18,31H,2,4,7,9,13H2,1,3,5H3,(H2,24,25)(H,28,32)/b8-6-,27-15?/t18-/m1/s1. The van der Waals surface area contributed by atoms with Gasteiger partial charge in [0.25, 0.3) is 5.91 Å². The third-order valence-electron chi connectivity index (χ3n) is 5.29. The maximum Gasteiger partial charge on any atom is 0.273 e. The first-order valence-electron chi connectivity index (χ1n) is 10.3. The quantitative estimate of drug-likeness (QED) is 0.350. The van der Waals surface area contributed by atoms with Crippen LogP contribution in [-0.4, -0.2) is 51.5 Å². The molecule has 0 spiro atoms. The molecule has 4 N–H and O–H groups in total. The van der Waals surface area contributed by atoms with Gasteiger partial charge in [-0.25, -0.2) is 9.98 Å². The molecule has 0 saturated carbocycles. The predicted octanol–water partition coefficient (Wildman–Crippen LogP) is 2.50. The second-order valence-electron chi connectivity index (χ2n) is 7.66. The molecule has 2 heterocycles. The van der Waals surface area contributed by atoms with E-state index in [-0.39, 0.29) is 11.5 Å². The molecule has 0 unspecified atom stereocenters. The Kier molecular flexibility index (Phi) is 6.89. The number of rotatable bonds is 7. The monoisotopic (exact) mass is 435 g/mol. The van der Waals surface area contributed by atoms with Gasteiger partial charge in [0.15, 0.2) is 0 Å². The molecule has 1 saturated heterocycles. The van der Waals surface area contributed by atoms with E-state index in [1.807, 2.05) is 31.0 Å². The Morgan fingerprint density at radius 1 is 1.41 bits per heavy atom. The lowest BCUT2D eigenvalue weighted by Crippen LogP contribution is -2.24. The molecule has 1 atom stereocenters. The van der Waals surface area contributed by atoms with Gasteiger partial charge in [-0.15, -0.1) is 0 Å². The second kappa shape index (κ2) is 9.61. The van der Waals surface area contributed by atoms with E-state index >= 15 is 0 Å². The Morgan fingerprint density at radius 3 is 2.81 bits per heavy atom. The van der Waals surface area contributed by atoms with E-state index in [9.17, 15) is 9.90 Å². The lowest BCUT2D eigenvalue weighted by molar-refractivity contribution is -0.112. The summed E-state index contributed by atoms with van der Waals surface area (Å²) >= 11 is 0. The van der Waals surface area contributed by atoms with Crippen molar-refractivity contribution in [2.45, 2.75) is 26.4 Å². The minimum Gasteiger partial charge on any atom is -0.391 e. The van der Waals surface area contributed by atoms with E-state index in [1.165, 1.54) is 0 Å². The van der Waals surface area contributed by atoms with E-state index < -0.39 is 12.0 Å². The molecule has 0 radical (unpaired) electrons. The van der Waals surface area contributed by atoms with E-state index in [1.54, 1.807) is 30.1 Å². The van der Waals surface area contributed by atoms with Gasteiger partial charge in [0.2, 0.25) is 0 Å². The smallest absolute Gasteiger partial charge is 0.273 e. The number of aliphatic hydroxyl groups excluding tert-OH is 1. The molecule has 168 valence electrons. The number of nitrogens with zero attached hydrogens (tertiary/aromatic N) is 5. The summed E-state index contributed by atoms with van der Waals surface area (Å²) in [6, 6.07) is 3.83. The first-order chi connectivity index (χ1) is 15.2. The number of anilines is 2. The number of aliphatic imine (C=N–C) groups is 2. The van der Waals surface area contributed by atoms with Gasteiger partial charge < -0.3 is 21.1 Å². The maximum absolute atomic E-state index is 12.9. The van der Waals surface area contributed by atoms with Crippen LogP contribution in [0.25, 0.3) is 10.9 Å². The lowest BCUT2D eigenvalue weighted by Gasteiger charge is -2.22. The van der Waals surface area contributed by atoms with Crippen molar-refractivity contribution in [3.8, 4) is 0 Å². The number of allylic oxidation sites excluding steroid dienone is 1. The molecule has 9 nitrogen and oxygen atoms in total. The summed E-state index contributed by atoms with van der Waals surface area (Å²) in [7, 11) is 1.84. The summed E-state index contributed by atoms with van der Waals surface area (Å²) in [6.07, 6.45) is 5.35. The number of fused-ring (bicyclic) bond motifs is 1. The zero-order valence-corrected chi connectivity index (χ0v) is 18.7. The topological polar surface area (TPSA) is 121 Å². The fraction of sp³-hybridized carbons (Fsp3) is 0.304. The number of nitrogens with two attached hydrogens (primary N) is 1. The van der Waals surface area contributed by atoms with E-state index in [2.05, 4.69) is 33.6 Å². The van der Waals surface area contributed by atoms with Crippen LogP contribution < -0.4 is 16.0 Å². The van der Waals surface area contributed by atoms with Gasteiger partial charge in [0.1, 0.15) is 11.5 Å². The second-order valence-corrected chi connectivity index (χ2v) is 7.66. The van der Waals surface area contributed by atoms with Crippen molar-refractivity contribution in [1.82, 2.24) is 9.78 Å². The van der Waals surface area contributed by atoms with Gasteiger partial charge in [-0.3, -0.25) is 9.48 Å². The number of hydrogen-bond donors (Lipinski definition) is 3. The van der Waals surface area contributed by atoms with Gasteiger partial charge in [0.05, 0.1) is 29.2 Å². The minimum atomic E-state index is -0.455. The van der Waals surface area contributed by atoms with Gasteiger partial charge in [-0.1, -0.05) is 19.2 Å². The first-order valence-corrected chi connectivity index (χ1v) is 10.3. The number of β-amino-alcohol motifs (C(OH)–C–C–N with tert-alkyl or cyclic N) is 1. The number of nitrogens with one attached hydrogen (secondary N) is 1. The number of aliphatic hydroxyl groups is 1. The molecule has 1 aliphatic heterocycles. The summed E-state index contributed by atoms with van der Waals surface area (Å²) in [5.74, 6) is -0.238. The number of aryl methyl sites for hydroxylation is 1. The van der Waals surface area contributed by atoms with Gasteiger partial charge in [-0.05, 0) is 32.4 Å². The molecule has 0 bridgehead atoms. The molecule has 0 aliphatic carbocycles. The zero-order valence-electron chi connectivity index (χ0n) is 18.7. The van der Waals surface area contributed by atoms with Crippen molar-refractivity contribution in [2.24, 2.45) is 22.8 Å². The van der Waals surface area contributed by atoms with Crippen molar-refractivity contribution >= 4 is 39.7 Å². The highest BCUT2D eigenvalue weighted by Crippen LogP contribution is 2.33. The van der Waals surface area contributed by atoms with Crippen LogP contribution in [0.3, 0.4) is 0 Å². The summed E-state index contributed by atoms with van der Waals surface area (Å²) in [6.45, 7) is 12.4. The first kappa shape index (κ1) is 23.0. The number of aromatic nitrogens is 2. The Hall–Kier alpha value is -3.72. The van der Waals surface area contributed by atoms with Crippen LogP contribution in [-0.2, 0) is 11.8 Å². The minimum absolute atomic E-state index is 0.0139. The molecule has 3 rings (SSSR count). The number of benzene rings is 1. The fourth-order valence-electron chi connectivity index (χ4n) is 3.44. The van der Waals surface area contributed by atoms with Crippen LogP contribution in [0.15, 0.2) is 65.0 Å². The summed E-state index contributed by atoms with van der Waals surface area (Å²) in [5, 5.41) is 18.1. The van der Waals surface area contributed by atoms with Crippen molar-refractivity contribution in [3.05, 3.63) is 55.0 Å². The molecule has 32 heavy (non-hydrogen) atoms. The summed E-state index contributed by atoms with van der Waals surface area (Å²) < 4.78 is 1.74. The summed E-state index contributed by atoms with van der Waals surface area (Å²) in [4.78, 5) is 23.3. The third-order valence-corrected chi connectivity index (χ3v) is 5.29. The number of amides is 1. The Morgan fingerprint density at radius 2 is 2.16 bits per heavy atom. The Balaban J connectivity index is 1.86. The molecule has 1 amide bonds. The maximum atomic E-state index is 12.9. The number of amidine groups is 1. The van der Waals surface area contributed by atoms with Crippen molar-refractivity contribution in [3.63, 3.8) is 0 Å². The highest BCUT2D eigenvalue weighted by atomic mass is 16.3. The predicted molar refractivity (Wildman–Crippen MR) is 130 cm³/mol. The van der Waals surface area contributed by atoms with Crippen LogP contribution in [0, 0.1) is 0 Å². The Bertz CT molecular complexity index is 1160. The molecule has 1 aromatic heterocycles. The van der Waals surface area contributed by atoms with Crippen LogP contribution >= 0.6 is 0 Å². The average molecular weight is 436 g/mol. The molecule has 1 aliphatic rings. The van der Waals surface area contributed by atoms with Gasteiger partial charge in [0, 0.05) is 43.0 Å². The van der Waals surface area contributed by atoms with Crippen molar-refractivity contribution < 1.29 is 9.90 Å². The lowest BCUT2D eigenvalue weighted by atomic mass is 10.1. The van der Waals surface area contributed by atoms with E-state index in [0.717, 1.165) is 16.6 Å². The highest BCUT2D eigenvalue weighted by molar-refractivity contribution is 6.23. The molecule has 9 heteroatoms. The number of carbonyl (C=O) groups is 1. The highest BCUT2D eigenvalue weighted by Gasteiger charge is 2.24.